The molecular formula is C17H14F2N4O2S. The number of hydrogen-bond donors (Lipinski definition) is 1. The predicted octanol–water partition coefficient (Wildman–Crippen LogP) is 2.97. The Morgan fingerprint density at radius 2 is 1.81 bits per heavy atom. The molecule has 0 saturated heterocycles. The highest BCUT2D eigenvalue weighted by Crippen LogP contribution is 2.26. The van der Waals surface area contributed by atoms with Crippen LogP contribution in [0, 0.1) is 11.6 Å². The van der Waals surface area contributed by atoms with Crippen molar-refractivity contribution in [2.24, 2.45) is 0 Å². The summed E-state index contributed by atoms with van der Waals surface area (Å²) in [4.78, 5) is -0.483. The second-order valence-electron chi connectivity index (χ2n) is 5.99. The maximum Gasteiger partial charge on any atom is 0.262 e. The average Bonchev–Trinajstić information content (AvgIpc) is 3.17. The minimum Gasteiger partial charge on any atom is -0.311 e. The largest absolute Gasteiger partial charge is 0.311 e. The molecular weight excluding hydrogens is 362 g/mol. The molecule has 134 valence electrons. The number of sulfonamides is 1. The minimum absolute atomic E-state index is 0.266. The molecule has 0 spiro atoms. The topological polar surface area (TPSA) is 76.9 Å². The lowest BCUT2D eigenvalue weighted by molar-refractivity contribution is 0.568. The lowest BCUT2D eigenvalue weighted by atomic mass is 10.2. The summed E-state index contributed by atoms with van der Waals surface area (Å²) < 4.78 is 55.8. The Bertz CT molecular complexity index is 1080. The zero-order chi connectivity index (χ0) is 18.3. The van der Waals surface area contributed by atoms with Gasteiger partial charge in [0.25, 0.3) is 10.0 Å². The first kappa shape index (κ1) is 16.6. The van der Waals surface area contributed by atoms with Crippen LogP contribution in [-0.2, 0) is 23.0 Å². The lowest BCUT2D eigenvalue weighted by Crippen LogP contribution is -2.13. The summed E-state index contributed by atoms with van der Waals surface area (Å²) in [6.45, 7) is 0.816. The van der Waals surface area contributed by atoms with Crippen LogP contribution in [0.5, 0.6) is 0 Å². The summed E-state index contributed by atoms with van der Waals surface area (Å²) >= 11 is 0. The first-order chi connectivity index (χ1) is 12.4. The molecule has 1 aliphatic heterocycles. The van der Waals surface area contributed by atoms with Crippen molar-refractivity contribution in [2.45, 2.75) is 24.3 Å². The van der Waals surface area contributed by atoms with Crippen LogP contribution in [0.15, 0.2) is 47.4 Å². The maximum atomic E-state index is 13.3. The van der Waals surface area contributed by atoms with Crippen LogP contribution in [0.25, 0.3) is 11.4 Å². The van der Waals surface area contributed by atoms with Gasteiger partial charge in [0, 0.05) is 30.3 Å². The van der Waals surface area contributed by atoms with Gasteiger partial charge in [0.05, 0.1) is 4.90 Å². The number of rotatable bonds is 4. The van der Waals surface area contributed by atoms with Gasteiger partial charge in [0.1, 0.15) is 17.5 Å². The van der Waals surface area contributed by atoms with Crippen molar-refractivity contribution in [3.05, 3.63) is 59.9 Å². The normalized spacial score (nSPS) is 13.6. The first-order valence-corrected chi connectivity index (χ1v) is 9.42. The van der Waals surface area contributed by atoms with Crippen LogP contribution in [0.2, 0.25) is 0 Å². The summed E-state index contributed by atoms with van der Waals surface area (Å²) in [6, 6.07) is 8.79. The van der Waals surface area contributed by atoms with Crippen LogP contribution in [-0.4, -0.2) is 23.2 Å². The number of nitrogens with zero attached hydrogens (tertiary/aromatic N) is 3. The van der Waals surface area contributed by atoms with E-state index < -0.39 is 26.6 Å². The lowest BCUT2D eigenvalue weighted by Gasteiger charge is -2.10. The molecule has 0 fully saturated rings. The van der Waals surface area contributed by atoms with E-state index >= 15 is 0 Å². The van der Waals surface area contributed by atoms with Gasteiger partial charge in [-0.05, 0) is 30.7 Å². The van der Waals surface area contributed by atoms with Gasteiger partial charge in [-0.2, -0.15) is 0 Å². The van der Waals surface area contributed by atoms with Crippen LogP contribution in [0.4, 0.5) is 14.5 Å². The third-order valence-corrected chi connectivity index (χ3v) is 5.49. The Balaban J connectivity index is 1.66. The van der Waals surface area contributed by atoms with Crippen LogP contribution in [0.3, 0.4) is 0 Å². The number of fused-ring (bicyclic) bond motifs is 1. The van der Waals surface area contributed by atoms with Gasteiger partial charge >= 0.3 is 0 Å². The second-order valence-corrected chi connectivity index (χ2v) is 7.67. The fraction of sp³-hybridized carbons (Fsp3) is 0.176. The first-order valence-electron chi connectivity index (χ1n) is 7.94. The molecule has 0 saturated carbocycles. The van der Waals surface area contributed by atoms with E-state index in [0.717, 1.165) is 37.3 Å². The SMILES string of the molecule is O=S(=O)(Nc1cccc(-c2nnc3n2CCC3)c1)c1cc(F)cc(F)c1. The molecule has 1 aromatic heterocycles. The van der Waals surface area contributed by atoms with E-state index in [0.29, 0.717) is 17.5 Å². The zero-order valence-electron chi connectivity index (χ0n) is 13.5. The fourth-order valence-corrected chi connectivity index (χ4v) is 4.07. The number of aryl methyl sites for hydroxylation is 1. The van der Waals surface area contributed by atoms with E-state index in [2.05, 4.69) is 14.9 Å². The van der Waals surface area contributed by atoms with Gasteiger partial charge in [0.2, 0.25) is 0 Å². The minimum atomic E-state index is -4.13. The Labute approximate surface area is 148 Å². The summed E-state index contributed by atoms with van der Waals surface area (Å²) in [5.74, 6) is -0.354. The number of hydrogen-bond acceptors (Lipinski definition) is 4. The Morgan fingerprint density at radius 3 is 2.58 bits per heavy atom. The zero-order valence-corrected chi connectivity index (χ0v) is 14.3. The third-order valence-electron chi connectivity index (χ3n) is 4.13. The molecule has 1 N–H and O–H groups in total. The molecule has 2 heterocycles. The van der Waals surface area contributed by atoms with Gasteiger partial charge in [-0.1, -0.05) is 12.1 Å². The quantitative estimate of drug-likeness (QED) is 0.760. The van der Waals surface area contributed by atoms with Crippen molar-refractivity contribution in [1.82, 2.24) is 14.8 Å². The summed E-state index contributed by atoms with van der Waals surface area (Å²) in [5.41, 5.74) is 0.971. The predicted molar refractivity (Wildman–Crippen MR) is 90.9 cm³/mol. The molecule has 0 amide bonds. The molecule has 6 nitrogen and oxygen atoms in total. The molecule has 0 radical (unpaired) electrons. The number of nitrogens with one attached hydrogen (secondary N) is 1. The molecule has 26 heavy (non-hydrogen) atoms. The van der Waals surface area contributed by atoms with E-state index in [4.69, 9.17) is 0 Å². The smallest absolute Gasteiger partial charge is 0.262 e. The van der Waals surface area contributed by atoms with E-state index in [-0.39, 0.29) is 5.69 Å². The third kappa shape index (κ3) is 3.05. The molecule has 4 rings (SSSR count). The highest BCUT2D eigenvalue weighted by atomic mass is 32.2. The number of benzene rings is 2. The van der Waals surface area contributed by atoms with Gasteiger partial charge in [-0.15, -0.1) is 10.2 Å². The highest BCUT2D eigenvalue weighted by molar-refractivity contribution is 7.92. The Hall–Kier alpha value is -2.81. The molecule has 0 atom stereocenters. The van der Waals surface area contributed by atoms with E-state index in [1.807, 2.05) is 4.57 Å². The number of halogens is 2. The molecule has 2 aromatic carbocycles. The summed E-state index contributed by atoms with van der Waals surface area (Å²) in [5, 5.41) is 8.30. The number of aromatic nitrogens is 3. The van der Waals surface area contributed by atoms with Gasteiger partial charge in [-0.25, -0.2) is 17.2 Å². The molecule has 3 aromatic rings. The van der Waals surface area contributed by atoms with Crippen molar-refractivity contribution in [2.75, 3.05) is 4.72 Å². The van der Waals surface area contributed by atoms with Crippen LogP contribution >= 0.6 is 0 Å². The second kappa shape index (κ2) is 6.17. The Kier molecular flexibility index (Phi) is 3.95. The average molecular weight is 376 g/mol. The van der Waals surface area contributed by atoms with E-state index in [1.165, 1.54) is 0 Å². The molecule has 0 bridgehead atoms. The van der Waals surface area contributed by atoms with Gasteiger partial charge in [0.15, 0.2) is 5.82 Å². The summed E-state index contributed by atoms with van der Waals surface area (Å²) in [6.07, 6.45) is 1.86. The summed E-state index contributed by atoms with van der Waals surface area (Å²) in [7, 11) is -4.13. The van der Waals surface area contributed by atoms with E-state index in [9.17, 15) is 17.2 Å². The van der Waals surface area contributed by atoms with Crippen molar-refractivity contribution >= 4 is 15.7 Å². The monoisotopic (exact) mass is 376 g/mol. The van der Waals surface area contributed by atoms with E-state index in [1.54, 1.807) is 24.3 Å². The van der Waals surface area contributed by atoms with Gasteiger partial charge in [-0.3, -0.25) is 4.72 Å². The van der Waals surface area contributed by atoms with Crippen LogP contribution < -0.4 is 4.72 Å². The van der Waals surface area contributed by atoms with Gasteiger partial charge < -0.3 is 4.57 Å². The standard InChI is InChI=1S/C17H14F2N4O2S/c18-12-8-13(19)10-15(9-12)26(24,25)22-14-4-1-3-11(7-14)17-21-20-16-5-2-6-23(16)17/h1,3-4,7-10,22H,2,5-6H2. The molecule has 1 aliphatic rings. The Morgan fingerprint density at radius 1 is 1.04 bits per heavy atom. The highest BCUT2D eigenvalue weighted by Gasteiger charge is 2.20. The fourth-order valence-electron chi connectivity index (χ4n) is 2.98. The number of anilines is 1. The van der Waals surface area contributed by atoms with Crippen LogP contribution in [0.1, 0.15) is 12.2 Å². The molecule has 0 unspecified atom stereocenters. The van der Waals surface area contributed by atoms with Crippen molar-refractivity contribution in [3.8, 4) is 11.4 Å². The maximum absolute atomic E-state index is 13.3. The van der Waals surface area contributed by atoms with Crippen molar-refractivity contribution < 1.29 is 17.2 Å². The molecule has 9 heteroatoms. The van der Waals surface area contributed by atoms with Crippen molar-refractivity contribution in [1.29, 1.82) is 0 Å². The van der Waals surface area contributed by atoms with Crippen molar-refractivity contribution in [3.63, 3.8) is 0 Å². The molecule has 0 aliphatic carbocycles.